The smallest absolute Gasteiger partial charge is 0.306 e. The third-order valence-electron chi connectivity index (χ3n) is 6.51. The maximum absolute atomic E-state index is 12.4. The lowest BCUT2D eigenvalue weighted by Crippen LogP contribution is -2.31. The van der Waals surface area contributed by atoms with E-state index in [1.807, 2.05) is 6.92 Å². The van der Waals surface area contributed by atoms with Crippen LogP contribution < -0.4 is 0 Å². The van der Waals surface area contributed by atoms with Gasteiger partial charge in [0.1, 0.15) is 6.10 Å². The van der Waals surface area contributed by atoms with Crippen LogP contribution in [0.2, 0.25) is 0 Å². The van der Waals surface area contributed by atoms with Crippen molar-refractivity contribution in [3.8, 4) is 0 Å². The Balaban J connectivity index is 4.29. The second-order valence-electron chi connectivity index (χ2n) is 9.93. The summed E-state index contributed by atoms with van der Waals surface area (Å²) in [6, 6.07) is 0. The highest BCUT2D eigenvalue weighted by atomic mass is 16.6. The third kappa shape index (κ3) is 22.8. The first-order chi connectivity index (χ1) is 17.4. The summed E-state index contributed by atoms with van der Waals surface area (Å²) in [5.41, 5.74) is 0. The Kier molecular flexibility index (Phi) is 23.9. The summed E-state index contributed by atoms with van der Waals surface area (Å²) in [5.74, 6) is -1.15. The number of unbranched alkanes of at least 4 members (excludes halogenated alkanes) is 13. The Morgan fingerprint density at radius 2 is 1.08 bits per heavy atom. The van der Waals surface area contributed by atoms with Gasteiger partial charge in [-0.25, -0.2) is 0 Å². The zero-order valence-electron chi connectivity index (χ0n) is 23.1. The Morgan fingerprint density at radius 1 is 0.611 bits per heavy atom. The number of ether oxygens (including phenoxy) is 2. The van der Waals surface area contributed by atoms with Crippen molar-refractivity contribution in [2.45, 2.75) is 161 Å². The van der Waals surface area contributed by atoms with E-state index in [0.717, 1.165) is 70.6 Å². The van der Waals surface area contributed by atoms with Crippen molar-refractivity contribution in [2.75, 3.05) is 6.61 Å². The molecule has 0 aliphatic rings. The SMILES string of the molecule is CCCCCCCCC(O)C(CCCCCCCC(=O)OCC)OC(=O)CCCCCCCC(=O)O. The van der Waals surface area contributed by atoms with Crippen LogP contribution in [0.3, 0.4) is 0 Å². The van der Waals surface area contributed by atoms with Crippen molar-refractivity contribution < 1.29 is 34.1 Å². The number of aliphatic carboxylic acids is 1. The monoisotopic (exact) mass is 514 g/mol. The predicted octanol–water partition coefficient (Wildman–Crippen LogP) is 7.12. The quantitative estimate of drug-likeness (QED) is 0.0934. The standard InChI is InChI=1S/C29H54O7/c1-3-5-6-7-10-15-20-25(30)26(21-16-11-8-13-18-23-28(33)35-4-2)36-29(34)24-19-14-9-12-17-22-27(31)32/h25-26,30H,3-24H2,1-2H3,(H,31,32). The average Bonchev–Trinajstić information content (AvgIpc) is 2.84. The number of carbonyl (C=O) groups excluding carboxylic acids is 2. The molecule has 7 nitrogen and oxygen atoms in total. The molecule has 0 aliphatic carbocycles. The molecule has 0 aliphatic heterocycles. The lowest BCUT2D eigenvalue weighted by Gasteiger charge is -2.23. The van der Waals surface area contributed by atoms with Crippen LogP contribution in [-0.4, -0.2) is 46.9 Å². The minimum absolute atomic E-state index is 0.137. The molecule has 0 rings (SSSR count). The van der Waals surface area contributed by atoms with E-state index in [1.165, 1.54) is 25.7 Å². The Labute approximate surface area is 219 Å². The number of rotatable bonds is 26. The number of carboxylic acid groups (broad SMARTS) is 1. The topological polar surface area (TPSA) is 110 Å². The molecule has 0 aromatic carbocycles. The molecule has 212 valence electrons. The minimum atomic E-state index is -0.763. The molecule has 0 heterocycles. The lowest BCUT2D eigenvalue weighted by molar-refractivity contribution is -0.156. The summed E-state index contributed by atoms with van der Waals surface area (Å²) in [6.07, 6.45) is 16.9. The fraction of sp³-hybridized carbons (Fsp3) is 0.897. The number of aliphatic hydroxyl groups excluding tert-OH is 1. The second kappa shape index (κ2) is 25.0. The van der Waals surface area contributed by atoms with Gasteiger partial charge in [-0.1, -0.05) is 84.0 Å². The van der Waals surface area contributed by atoms with Crippen LogP contribution in [0.4, 0.5) is 0 Å². The molecule has 36 heavy (non-hydrogen) atoms. The maximum Gasteiger partial charge on any atom is 0.306 e. The van der Waals surface area contributed by atoms with E-state index in [9.17, 15) is 19.5 Å². The van der Waals surface area contributed by atoms with E-state index in [-0.39, 0.29) is 18.4 Å². The molecule has 0 fully saturated rings. The van der Waals surface area contributed by atoms with Crippen molar-refractivity contribution in [3.63, 3.8) is 0 Å². The normalized spacial score (nSPS) is 12.8. The van der Waals surface area contributed by atoms with Gasteiger partial charge in [0.05, 0.1) is 12.7 Å². The minimum Gasteiger partial charge on any atom is -0.481 e. The lowest BCUT2D eigenvalue weighted by atomic mass is 9.99. The molecule has 0 radical (unpaired) electrons. The van der Waals surface area contributed by atoms with Gasteiger partial charge in [-0.05, 0) is 45.4 Å². The van der Waals surface area contributed by atoms with Crippen molar-refractivity contribution in [3.05, 3.63) is 0 Å². The number of carbonyl (C=O) groups is 3. The zero-order chi connectivity index (χ0) is 26.9. The van der Waals surface area contributed by atoms with E-state index in [1.54, 1.807) is 0 Å². The molecule has 2 N–H and O–H groups in total. The third-order valence-corrected chi connectivity index (χ3v) is 6.51. The molecule has 0 amide bonds. The number of carboxylic acids is 1. The van der Waals surface area contributed by atoms with Crippen molar-refractivity contribution in [2.24, 2.45) is 0 Å². The van der Waals surface area contributed by atoms with Gasteiger partial charge in [-0.3, -0.25) is 14.4 Å². The summed E-state index contributed by atoms with van der Waals surface area (Å²) in [5, 5.41) is 19.4. The molecule has 7 heteroatoms. The Bertz CT molecular complexity index is 550. The van der Waals surface area contributed by atoms with Crippen LogP contribution in [0.15, 0.2) is 0 Å². The van der Waals surface area contributed by atoms with Gasteiger partial charge in [0.25, 0.3) is 0 Å². The van der Waals surface area contributed by atoms with Gasteiger partial charge in [0, 0.05) is 19.3 Å². The van der Waals surface area contributed by atoms with Crippen LogP contribution in [0.25, 0.3) is 0 Å². The number of aliphatic hydroxyl groups is 1. The maximum atomic E-state index is 12.4. The molecule has 0 spiro atoms. The van der Waals surface area contributed by atoms with Crippen molar-refractivity contribution in [1.29, 1.82) is 0 Å². The van der Waals surface area contributed by atoms with Crippen LogP contribution in [0.5, 0.6) is 0 Å². The van der Waals surface area contributed by atoms with Gasteiger partial charge in [-0.15, -0.1) is 0 Å². The van der Waals surface area contributed by atoms with Gasteiger partial charge in [0.15, 0.2) is 0 Å². The summed E-state index contributed by atoms with van der Waals surface area (Å²) in [6.45, 7) is 4.43. The number of hydrogen-bond donors (Lipinski definition) is 2. The second-order valence-corrected chi connectivity index (χ2v) is 9.93. The first-order valence-corrected chi connectivity index (χ1v) is 14.7. The van der Waals surface area contributed by atoms with E-state index >= 15 is 0 Å². The summed E-state index contributed by atoms with van der Waals surface area (Å²) < 4.78 is 10.7. The highest BCUT2D eigenvalue weighted by Gasteiger charge is 2.22. The molecular weight excluding hydrogens is 460 g/mol. The summed E-state index contributed by atoms with van der Waals surface area (Å²) in [4.78, 5) is 34.4. The Hall–Kier alpha value is -1.63. The van der Waals surface area contributed by atoms with Gasteiger partial charge in [0.2, 0.25) is 0 Å². The largest absolute Gasteiger partial charge is 0.481 e. The van der Waals surface area contributed by atoms with E-state index in [2.05, 4.69) is 6.92 Å². The van der Waals surface area contributed by atoms with Crippen molar-refractivity contribution in [1.82, 2.24) is 0 Å². The zero-order valence-corrected chi connectivity index (χ0v) is 23.1. The summed E-state index contributed by atoms with van der Waals surface area (Å²) in [7, 11) is 0. The fourth-order valence-electron chi connectivity index (χ4n) is 4.33. The first-order valence-electron chi connectivity index (χ1n) is 14.7. The van der Waals surface area contributed by atoms with Crippen LogP contribution >= 0.6 is 0 Å². The highest BCUT2D eigenvalue weighted by Crippen LogP contribution is 2.19. The number of esters is 2. The molecule has 2 atom stereocenters. The molecule has 0 aromatic heterocycles. The first kappa shape index (κ1) is 34.4. The fourth-order valence-corrected chi connectivity index (χ4v) is 4.33. The van der Waals surface area contributed by atoms with Gasteiger partial charge in [-0.2, -0.15) is 0 Å². The summed E-state index contributed by atoms with van der Waals surface area (Å²) >= 11 is 0. The molecule has 0 saturated carbocycles. The molecule has 2 unspecified atom stereocenters. The number of hydrogen-bond acceptors (Lipinski definition) is 6. The molecular formula is C29H54O7. The average molecular weight is 515 g/mol. The van der Waals surface area contributed by atoms with E-state index in [0.29, 0.717) is 38.7 Å². The predicted molar refractivity (Wildman–Crippen MR) is 143 cm³/mol. The van der Waals surface area contributed by atoms with Crippen LogP contribution in [0.1, 0.15) is 149 Å². The van der Waals surface area contributed by atoms with Gasteiger partial charge < -0.3 is 19.7 Å². The highest BCUT2D eigenvalue weighted by molar-refractivity contribution is 5.69. The molecule has 0 bridgehead atoms. The molecule has 0 saturated heterocycles. The van der Waals surface area contributed by atoms with Gasteiger partial charge >= 0.3 is 17.9 Å². The van der Waals surface area contributed by atoms with Crippen LogP contribution in [0, 0.1) is 0 Å². The van der Waals surface area contributed by atoms with E-state index < -0.39 is 18.2 Å². The molecule has 0 aromatic rings. The van der Waals surface area contributed by atoms with Crippen LogP contribution in [-0.2, 0) is 23.9 Å². The van der Waals surface area contributed by atoms with Crippen molar-refractivity contribution >= 4 is 17.9 Å². The Morgan fingerprint density at radius 3 is 1.64 bits per heavy atom. The van der Waals surface area contributed by atoms with E-state index in [4.69, 9.17) is 14.6 Å².